The fourth-order valence-electron chi connectivity index (χ4n) is 2.49. The Balaban J connectivity index is 1.89. The number of hydrogen-bond acceptors (Lipinski definition) is 4. The molecular formula is C12H21N3O3. The second kappa shape index (κ2) is 6.15. The second-order valence-corrected chi connectivity index (χ2v) is 4.98. The van der Waals surface area contributed by atoms with Gasteiger partial charge in [0.05, 0.1) is 0 Å². The summed E-state index contributed by atoms with van der Waals surface area (Å²) in [7, 11) is 0. The minimum absolute atomic E-state index is 0.0889. The molecule has 0 saturated carbocycles. The normalized spacial score (nSPS) is 25.1. The summed E-state index contributed by atoms with van der Waals surface area (Å²) in [4.78, 5) is 27.3. The van der Waals surface area contributed by atoms with Crippen LogP contribution in [0.4, 0.5) is 0 Å². The van der Waals surface area contributed by atoms with E-state index in [1.54, 1.807) is 9.80 Å². The minimum Gasteiger partial charge on any atom is -0.396 e. The SMILES string of the molecule is O=C(C(=O)N1CCC(CO)C1)N1CCCNCC1. The van der Waals surface area contributed by atoms with E-state index in [2.05, 4.69) is 5.32 Å². The van der Waals surface area contributed by atoms with Gasteiger partial charge in [-0.1, -0.05) is 0 Å². The maximum atomic E-state index is 12.1. The van der Waals surface area contributed by atoms with E-state index in [4.69, 9.17) is 5.11 Å². The van der Waals surface area contributed by atoms with Crippen molar-refractivity contribution in [1.29, 1.82) is 0 Å². The van der Waals surface area contributed by atoms with Gasteiger partial charge in [-0.2, -0.15) is 0 Å². The molecule has 2 heterocycles. The molecule has 1 unspecified atom stereocenters. The predicted octanol–water partition coefficient (Wildman–Crippen LogP) is -1.35. The molecule has 0 aromatic rings. The van der Waals surface area contributed by atoms with E-state index in [9.17, 15) is 9.59 Å². The first-order valence-corrected chi connectivity index (χ1v) is 6.62. The van der Waals surface area contributed by atoms with Gasteiger partial charge in [0.25, 0.3) is 0 Å². The molecule has 18 heavy (non-hydrogen) atoms. The number of aliphatic hydroxyl groups is 1. The molecule has 0 bridgehead atoms. The summed E-state index contributed by atoms with van der Waals surface area (Å²) >= 11 is 0. The molecule has 0 aliphatic carbocycles. The van der Waals surface area contributed by atoms with Crippen LogP contribution in [0.25, 0.3) is 0 Å². The van der Waals surface area contributed by atoms with Crippen molar-refractivity contribution in [1.82, 2.24) is 15.1 Å². The van der Waals surface area contributed by atoms with Crippen LogP contribution in [0.1, 0.15) is 12.8 Å². The molecule has 0 aromatic carbocycles. The quantitative estimate of drug-likeness (QED) is 0.568. The highest BCUT2D eigenvalue weighted by atomic mass is 16.3. The maximum absolute atomic E-state index is 12.1. The summed E-state index contributed by atoms with van der Waals surface area (Å²) in [6.07, 6.45) is 1.68. The van der Waals surface area contributed by atoms with Crippen LogP contribution in [-0.2, 0) is 9.59 Å². The summed E-state index contributed by atoms with van der Waals surface area (Å²) < 4.78 is 0. The van der Waals surface area contributed by atoms with Crippen LogP contribution < -0.4 is 5.32 Å². The monoisotopic (exact) mass is 255 g/mol. The highest BCUT2D eigenvalue weighted by molar-refractivity contribution is 6.34. The Morgan fingerprint density at radius 2 is 1.89 bits per heavy atom. The Bertz CT molecular complexity index is 314. The second-order valence-electron chi connectivity index (χ2n) is 4.98. The fraction of sp³-hybridized carbons (Fsp3) is 0.833. The van der Waals surface area contributed by atoms with Crippen LogP contribution in [0, 0.1) is 5.92 Å². The van der Waals surface area contributed by atoms with Crippen molar-refractivity contribution in [2.45, 2.75) is 12.8 Å². The Morgan fingerprint density at radius 3 is 2.61 bits per heavy atom. The van der Waals surface area contributed by atoms with E-state index in [-0.39, 0.29) is 12.5 Å². The highest BCUT2D eigenvalue weighted by Gasteiger charge is 2.32. The molecule has 0 spiro atoms. The number of carbonyl (C=O) groups excluding carboxylic acids is 2. The third kappa shape index (κ3) is 3.00. The Hall–Kier alpha value is -1.14. The van der Waals surface area contributed by atoms with Crippen LogP contribution in [-0.4, -0.2) is 72.6 Å². The topological polar surface area (TPSA) is 72.9 Å². The number of aliphatic hydroxyl groups excluding tert-OH is 1. The van der Waals surface area contributed by atoms with Crippen LogP contribution in [0.3, 0.4) is 0 Å². The van der Waals surface area contributed by atoms with Crippen LogP contribution in [0.5, 0.6) is 0 Å². The van der Waals surface area contributed by atoms with E-state index < -0.39 is 11.8 Å². The largest absolute Gasteiger partial charge is 0.396 e. The van der Waals surface area contributed by atoms with Crippen molar-refractivity contribution >= 4 is 11.8 Å². The Morgan fingerprint density at radius 1 is 1.11 bits per heavy atom. The van der Waals surface area contributed by atoms with E-state index >= 15 is 0 Å². The highest BCUT2D eigenvalue weighted by Crippen LogP contribution is 2.16. The maximum Gasteiger partial charge on any atom is 0.312 e. The molecule has 0 aromatic heterocycles. The van der Waals surface area contributed by atoms with Crippen molar-refractivity contribution in [2.24, 2.45) is 5.92 Å². The lowest BCUT2D eigenvalue weighted by Gasteiger charge is -2.23. The summed E-state index contributed by atoms with van der Waals surface area (Å²) in [6, 6.07) is 0. The van der Waals surface area contributed by atoms with Gasteiger partial charge < -0.3 is 20.2 Å². The van der Waals surface area contributed by atoms with Gasteiger partial charge in [-0.25, -0.2) is 0 Å². The third-order valence-corrected chi connectivity index (χ3v) is 3.64. The van der Waals surface area contributed by atoms with E-state index in [0.29, 0.717) is 26.2 Å². The van der Waals surface area contributed by atoms with Gasteiger partial charge in [-0.05, 0) is 19.4 Å². The van der Waals surface area contributed by atoms with Crippen molar-refractivity contribution in [3.8, 4) is 0 Å². The summed E-state index contributed by atoms with van der Waals surface area (Å²) in [5.41, 5.74) is 0. The van der Waals surface area contributed by atoms with Crippen LogP contribution >= 0.6 is 0 Å². The van der Waals surface area contributed by atoms with Crippen LogP contribution in [0.15, 0.2) is 0 Å². The molecule has 6 nitrogen and oxygen atoms in total. The number of carbonyl (C=O) groups is 2. The number of nitrogens with one attached hydrogen (secondary N) is 1. The van der Waals surface area contributed by atoms with Gasteiger partial charge >= 0.3 is 11.8 Å². The summed E-state index contributed by atoms with van der Waals surface area (Å²) in [6.45, 7) is 4.07. The zero-order valence-electron chi connectivity index (χ0n) is 10.6. The Labute approximate surface area is 107 Å². The smallest absolute Gasteiger partial charge is 0.312 e. The molecule has 2 rings (SSSR count). The number of likely N-dealkylation sites (tertiary alicyclic amines) is 1. The number of amides is 2. The zero-order valence-corrected chi connectivity index (χ0v) is 10.6. The average molecular weight is 255 g/mol. The molecular weight excluding hydrogens is 234 g/mol. The van der Waals surface area contributed by atoms with Gasteiger partial charge in [0.2, 0.25) is 0 Å². The van der Waals surface area contributed by atoms with Gasteiger partial charge in [-0.3, -0.25) is 9.59 Å². The van der Waals surface area contributed by atoms with Crippen LogP contribution in [0.2, 0.25) is 0 Å². The molecule has 2 saturated heterocycles. The first-order chi connectivity index (χ1) is 8.72. The van der Waals surface area contributed by atoms with Crippen molar-refractivity contribution < 1.29 is 14.7 Å². The molecule has 6 heteroatoms. The van der Waals surface area contributed by atoms with Crippen molar-refractivity contribution in [3.05, 3.63) is 0 Å². The Kier molecular flexibility index (Phi) is 4.54. The fourth-order valence-corrected chi connectivity index (χ4v) is 2.49. The summed E-state index contributed by atoms with van der Waals surface area (Å²) in [5.74, 6) is -0.669. The molecule has 2 aliphatic rings. The molecule has 0 radical (unpaired) electrons. The molecule has 2 amide bonds. The molecule has 2 fully saturated rings. The van der Waals surface area contributed by atoms with E-state index in [0.717, 1.165) is 25.9 Å². The number of nitrogens with zero attached hydrogens (tertiary/aromatic N) is 2. The van der Waals surface area contributed by atoms with E-state index in [1.807, 2.05) is 0 Å². The standard InChI is InChI=1S/C12H21N3O3/c16-9-10-2-6-15(8-10)12(18)11(17)14-5-1-3-13-4-7-14/h10,13,16H,1-9H2. The van der Waals surface area contributed by atoms with Gasteiger partial charge in [-0.15, -0.1) is 0 Å². The van der Waals surface area contributed by atoms with Gasteiger partial charge in [0.15, 0.2) is 0 Å². The zero-order chi connectivity index (χ0) is 13.0. The predicted molar refractivity (Wildman–Crippen MR) is 65.8 cm³/mol. The third-order valence-electron chi connectivity index (χ3n) is 3.64. The first-order valence-electron chi connectivity index (χ1n) is 6.62. The molecule has 2 aliphatic heterocycles. The minimum atomic E-state index is -0.409. The van der Waals surface area contributed by atoms with E-state index in [1.165, 1.54) is 0 Å². The van der Waals surface area contributed by atoms with Crippen molar-refractivity contribution in [2.75, 3.05) is 45.9 Å². The number of hydrogen-bond donors (Lipinski definition) is 2. The first kappa shape index (κ1) is 13.3. The lowest BCUT2D eigenvalue weighted by molar-refractivity contribution is -0.151. The summed E-state index contributed by atoms with van der Waals surface area (Å²) in [5, 5.41) is 12.3. The molecule has 1 atom stereocenters. The molecule has 2 N–H and O–H groups in total. The lowest BCUT2D eigenvalue weighted by Crippen LogP contribution is -2.45. The molecule has 102 valence electrons. The lowest BCUT2D eigenvalue weighted by atomic mass is 10.1. The van der Waals surface area contributed by atoms with Gasteiger partial charge in [0.1, 0.15) is 0 Å². The average Bonchev–Trinajstić information content (AvgIpc) is 2.71. The van der Waals surface area contributed by atoms with Crippen molar-refractivity contribution in [3.63, 3.8) is 0 Å². The number of rotatable bonds is 1. The van der Waals surface area contributed by atoms with Gasteiger partial charge in [0, 0.05) is 45.2 Å².